The summed E-state index contributed by atoms with van der Waals surface area (Å²) >= 11 is 0. The molecule has 0 saturated carbocycles. The van der Waals surface area contributed by atoms with E-state index in [1.165, 1.54) is 17.8 Å². The molecule has 3 rings (SSSR count). The van der Waals surface area contributed by atoms with Crippen LogP contribution in [0.15, 0.2) is 6.20 Å². The molecule has 0 radical (unpaired) electrons. The monoisotopic (exact) mass is 298 g/mol. The molecule has 21 heavy (non-hydrogen) atoms. The van der Waals surface area contributed by atoms with Gasteiger partial charge in [-0.05, 0) is 0 Å². The fraction of sp³-hybridized carbons (Fsp3) is 0.545. The van der Waals surface area contributed by atoms with Crippen LogP contribution in [-0.4, -0.2) is 56.8 Å². The highest BCUT2D eigenvalue weighted by molar-refractivity contribution is 5.60. The number of ether oxygens (including phenoxy) is 2. The van der Waals surface area contributed by atoms with E-state index in [0.717, 1.165) is 0 Å². The molecule has 0 aromatic carbocycles. The predicted molar refractivity (Wildman–Crippen MR) is 70.0 cm³/mol. The summed E-state index contributed by atoms with van der Waals surface area (Å²) in [6.07, 6.45) is -3.36. The fourth-order valence-electron chi connectivity index (χ4n) is 2.39. The van der Waals surface area contributed by atoms with E-state index in [1.54, 1.807) is 0 Å². The number of imidazole rings is 1. The number of anilines is 2. The van der Waals surface area contributed by atoms with E-state index >= 15 is 0 Å². The maximum Gasteiger partial charge on any atom is 0.240 e. The van der Waals surface area contributed by atoms with Crippen LogP contribution >= 0.6 is 0 Å². The van der Waals surface area contributed by atoms with E-state index in [4.69, 9.17) is 20.9 Å². The number of aliphatic hydroxyl groups is 1. The number of rotatable bonds is 3. The zero-order valence-electron chi connectivity index (χ0n) is 11.2. The molecule has 5 N–H and O–H groups in total. The van der Waals surface area contributed by atoms with Crippen LogP contribution in [0.3, 0.4) is 0 Å². The fourth-order valence-corrected chi connectivity index (χ4v) is 2.39. The number of alkyl halides is 1. The number of hydrogen-bond donors (Lipinski definition) is 3. The number of hydrogen-bond acceptors (Lipinski definition) is 8. The first-order valence-corrected chi connectivity index (χ1v) is 6.26. The molecule has 2 aromatic heterocycles. The van der Waals surface area contributed by atoms with E-state index in [9.17, 15) is 9.50 Å². The molecule has 9 nitrogen and oxygen atoms in total. The molecule has 0 bridgehead atoms. The minimum atomic E-state index is -1.64. The third kappa shape index (κ3) is 2.17. The van der Waals surface area contributed by atoms with Crippen LogP contribution < -0.4 is 11.5 Å². The maximum absolute atomic E-state index is 14.3. The lowest BCUT2D eigenvalue weighted by Crippen LogP contribution is -2.30. The average molecular weight is 298 g/mol. The molecule has 0 unspecified atom stereocenters. The summed E-state index contributed by atoms with van der Waals surface area (Å²) in [5.74, 6) is 0.0118. The van der Waals surface area contributed by atoms with Gasteiger partial charge in [-0.15, -0.1) is 5.10 Å². The minimum absolute atomic E-state index is 0.0679. The van der Waals surface area contributed by atoms with Gasteiger partial charge in [0.05, 0.1) is 18.5 Å². The van der Waals surface area contributed by atoms with Crippen LogP contribution in [0, 0.1) is 0 Å². The van der Waals surface area contributed by atoms with Gasteiger partial charge in [0.1, 0.15) is 18.3 Å². The average Bonchev–Trinajstić information content (AvgIpc) is 2.96. The lowest BCUT2D eigenvalue weighted by atomic mass is 10.1. The Bertz CT molecular complexity index is 665. The number of nitrogens with zero attached hydrogens (tertiary/aromatic N) is 4. The molecule has 10 heteroatoms. The van der Waals surface area contributed by atoms with Gasteiger partial charge < -0.3 is 26.0 Å². The van der Waals surface area contributed by atoms with E-state index in [-0.39, 0.29) is 24.0 Å². The minimum Gasteiger partial charge on any atom is -0.387 e. The van der Waals surface area contributed by atoms with Crippen LogP contribution in [-0.2, 0) is 9.47 Å². The molecule has 0 aliphatic carbocycles. The summed E-state index contributed by atoms with van der Waals surface area (Å²) < 4.78 is 25.9. The number of nitrogen functional groups attached to an aromatic ring is 2. The van der Waals surface area contributed by atoms with Gasteiger partial charge in [0.2, 0.25) is 5.95 Å². The third-order valence-corrected chi connectivity index (χ3v) is 3.37. The smallest absolute Gasteiger partial charge is 0.240 e. The van der Waals surface area contributed by atoms with E-state index in [0.29, 0.717) is 5.69 Å². The number of fused-ring (bicyclic) bond motifs is 1. The summed E-state index contributed by atoms with van der Waals surface area (Å²) in [6.45, 7) is 0.0775. The largest absolute Gasteiger partial charge is 0.387 e. The van der Waals surface area contributed by atoms with Crippen molar-refractivity contribution in [2.45, 2.75) is 24.5 Å². The number of nitrogens with two attached hydrogens (primary N) is 2. The molecule has 114 valence electrons. The Morgan fingerprint density at radius 3 is 3.00 bits per heavy atom. The molecule has 4 atom stereocenters. The van der Waals surface area contributed by atoms with Crippen LogP contribution in [0.5, 0.6) is 0 Å². The van der Waals surface area contributed by atoms with Gasteiger partial charge in [-0.1, -0.05) is 0 Å². The van der Waals surface area contributed by atoms with Crippen LogP contribution in [0.25, 0.3) is 5.65 Å². The molecule has 1 aliphatic heterocycles. The van der Waals surface area contributed by atoms with Gasteiger partial charge in [0.15, 0.2) is 17.6 Å². The first-order chi connectivity index (χ1) is 10.0. The van der Waals surface area contributed by atoms with Crippen molar-refractivity contribution in [3.8, 4) is 0 Å². The standard InChI is InChI=1S/C11H15FN6O3/c1-20-3-5-7(19)6(12)8(21-5)4-2-15-10-9(13)16-11(14)17-18(4)10/h2,5-8,19H,3H2,1H3,(H4,13,14,16,17)/t5-,6-,7-,8+/m1/s1. The summed E-state index contributed by atoms with van der Waals surface area (Å²) in [4.78, 5) is 7.81. The van der Waals surface area contributed by atoms with Crippen molar-refractivity contribution in [2.75, 3.05) is 25.2 Å². The quantitative estimate of drug-likeness (QED) is 0.662. The molecule has 1 saturated heterocycles. The number of halogens is 1. The number of methoxy groups -OCH3 is 1. The molecule has 1 aliphatic rings. The maximum atomic E-state index is 14.3. The highest BCUT2D eigenvalue weighted by Crippen LogP contribution is 2.36. The van der Waals surface area contributed by atoms with Gasteiger partial charge in [-0.3, -0.25) is 0 Å². The van der Waals surface area contributed by atoms with Crippen molar-refractivity contribution in [1.82, 2.24) is 19.6 Å². The molecule has 1 fully saturated rings. The van der Waals surface area contributed by atoms with Crippen molar-refractivity contribution in [1.29, 1.82) is 0 Å². The Kier molecular flexibility index (Phi) is 3.35. The van der Waals surface area contributed by atoms with Crippen molar-refractivity contribution in [3.63, 3.8) is 0 Å². The van der Waals surface area contributed by atoms with Crippen molar-refractivity contribution in [3.05, 3.63) is 11.9 Å². The molecule has 0 spiro atoms. The molecule has 2 aromatic rings. The Morgan fingerprint density at radius 1 is 1.52 bits per heavy atom. The third-order valence-electron chi connectivity index (χ3n) is 3.37. The van der Waals surface area contributed by atoms with Gasteiger partial charge in [-0.25, -0.2) is 13.9 Å². The molecular formula is C11H15FN6O3. The second-order valence-corrected chi connectivity index (χ2v) is 4.76. The van der Waals surface area contributed by atoms with E-state index < -0.39 is 24.5 Å². The summed E-state index contributed by atoms with van der Waals surface area (Å²) in [5, 5.41) is 13.8. The zero-order valence-corrected chi connectivity index (χ0v) is 11.2. The van der Waals surface area contributed by atoms with E-state index in [1.807, 2.05) is 0 Å². The number of aromatic nitrogens is 4. The topological polar surface area (TPSA) is 134 Å². The molecule has 0 amide bonds. The van der Waals surface area contributed by atoms with Gasteiger partial charge >= 0.3 is 0 Å². The summed E-state index contributed by atoms with van der Waals surface area (Å²) in [6, 6.07) is 0. The second kappa shape index (κ2) is 5.06. The Hall–Kier alpha value is -2.04. The van der Waals surface area contributed by atoms with Crippen molar-refractivity contribution >= 4 is 17.4 Å². The summed E-state index contributed by atoms with van der Waals surface area (Å²) in [5.41, 5.74) is 11.8. The zero-order chi connectivity index (χ0) is 15.1. The number of aliphatic hydroxyl groups excluding tert-OH is 1. The first-order valence-electron chi connectivity index (χ1n) is 6.26. The normalized spacial score (nSPS) is 29.3. The van der Waals surface area contributed by atoms with Crippen molar-refractivity contribution in [2.24, 2.45) is 0 Å². The van der Waals surface area contributed by atoms with E-state index in [2.05, 4.69) is 15.1 Å². The SMILES string of the molecule is COC[C@H]1O[C@@H](c2cnc3c(N)nc(N)nn23)[C@H](F)[C@@H]1O. The van der Waals surface area contributed by atoms with Gasteiger partial charge in [0, 0.05) is 7.11 Å². The summed E-state index contributed by atoms with van der Waals surface area (Å²) in [7, 11) is 1.44. The van der Waals surface area contributed by atoms with Crippen LogP contribution in [0.2, 0.25) is 0 Å². The lowest BCUT2D eigenvalue weighted by molar-refractivity contribution is -0.0351. The molecular weight excluding hydrogens is 283 g/mol. The van der Waals surface area contributed by atoms with Gasteiger partial charge in [0.25, 0.3) is 0 Å². The molecule has 3 heterocycles. The Balaban J connectivity index is 2.01. The van der Waals surface area contributed by atoms with Crippen LogP contribution in [0.4, 0.5) is 16.2 Å². The van der Waals surface area contributed by atoms with Crippen LogP contribution in [0.1, 0.15) is 11.8 Å². The van der Waals surface area contributed by atoms with Crippen molar-refractivity contribution < 1.29 is 19.0 Å². The Labute approximate surface area is 118 Å². The highest BCUT2D eigenvalue weighted by Gasteiger charge is 2.46. The lowest BCUT2D eigenvalue weighted by Gasteiger charge is -2.12. The highest BCUT2D eigenvalue weighted by atomic mass is 19.1. The van der Waals surface area contributed by atoms with Gasteiger partial charge in [-0.2, -0.15) is 4.98 Å². The predicted octanol–water partition coefficient (Wildman–Crippen LogP) is -0.926. The first kappa shape index (κ1) is 13.9. The Morgan fingerprint density at radius 2 is 2.29 bits per heavy atom. The second-order valence-electron chi connectivity index (χ2n) is 4.76.